The number of benzene rings is 3. The number of carbonyl (C=O) groups is 1. The predicted molar refractivity (Wildman–Crippen MR) is 129 cm³/mol. The van der Waals surface area contributed by atoms with Crippen LogP contribution in [0.25, 0.3) is 0 Å². The minimum Gasteiger partial charge on any atom is -0.497 e. The monoisotopic (exact) mass is 445 g/mol. The molecule has 31 heavy (non-hydrogen) atoms. The molecule has 5 nitrogen and oxygen atoms in total. The Bertz CT molecular complexity index is 1210. The van der Waals surface area contributed by atoms with E-state index in [0.717, 1.165) is 32.7 Å². The van der Waals surface area contributed by atoms with Crippen molar-refractivity contribution in [3.05, 3.63) is 88.8 Å². The van der Waals surface area contributed by atoms with Crippen molar-refractivity contribution in [2.75, 3.05) is 24.0 Å². The van der Waals surface area contributed by atoms with Crippen LogP contribution in [0.4, 0.5) is 17.1 Å². The van der Waals surface area contributed by atoms with Crippen LogP contribution >= 0.6 is 23.5 Å². The molecule has 0 atom stereocenters. The maximum Gasteiger partial charge on any atom is 0.274 e. The third-order valence-corrected chi connectivity index (χ3v) is 7.42. The molecule has 2 aliphatic heterocycles. The Morgan fingerprint density at radius 3 is 2.29 bits per heavy atom. The molecule has 154 valence electrons. The summed E-state index contributed by atoms with van der Waals surface area (Å²) in [7, 11) is 3.64. The highest BCUT2D eigenvalue weighted by atomic mass is 32.2. The fraction of sp³-hybridized carbons (Fsp3) is 0.0833. The molecule has 0 spiro atoms. The number of amidine groups is 1. The summed E-state index contributed by atoms with van der Waals surface area (Å²) in [5.41, 5.74) is 2.67. The number of ether oxygens (including phenoxy) is 1. The first-order chi connectivity index (χ1) is 15.2. The van der Waals surface area contributed by atoms with Gasteiger partial charge in [0.1, 0.15) is 10.7 Å². The van der Waals surface area contributed by atoms with Crippen LogP contribution in [0.3, 0.4) is 0 Å². The van der Waals surface area contributed by atoms with Gasteiger partial charge in [0.05, 0.1) is 29.2 Å². The summed E-state index contributed by atoms with van der Waals surface area (Å²) in [5, 5.41) is 1.56. The minimum absolute atomic E-state index is 0.0642. The van der Waals surface area contributed by atoms with Crippen molar-refractivity contribution in [2.45, 2.75) is 4.90 Å². The average molecular weight is 446 g/mol. The first-order valence-electron chi connectivity index (χ1n) is 9.70. The van der Waals surface area contributed by atoms with Gasteiger partial charge < -0.3 is 9.64 Å². The highest BCUT2D eigenvalue weighted by molar-refractivity contribution is 8.20. The molecule has 0 aromatic heterocycles. The molecule has 2 aliphatic rings. The van der Waals surface area contributed by atoms with Gasteiger partial charge in [0.2, 0.25) is 0 Å². The zero-order valence-corrected chi connectivity index (χ0v) is 18.6. The van der Waals surface area contributed by atoms with Gasteiger partial charge in [0.15, 0.2) is 5.17 Å². The van der Waals surface area contributed by atoms with Gasteiger partial charge in [-0.3, -0.25) is 9.69 Å². The Balaban J connectivity index is 1.59. The lowest BCUT2D eigenvalue weighted by Gasteiger charge is -2.16. The molecule has 5 rings (SSSR count). The van der Waals surface area contributed by atoms with Gasteiger partial charge >= 0.3 is 0 Å². The number of carbonyl (C=O) groups excluding carboxylic acids is 1. The molecule has 3 aromatic carbocycles. The summed E-state index contributed by atoms with van der Waals surface area (Å²) in [4.78, 5) is 24.0. The van der Waals surface area contributed by atoms with E-state index in [1.54, 1.807) is 23.8 Å². The third-order valence-electron chi connectivity index (χ3n) is 5.03. The Morgan fingerprint density at radius 1 is 0.871 bits per heavy atom. The molecule has 0 aliphatic carbocycles. The standard InChI is InChI=1S/C24H19N3O2S2/c1-26-19-10-6-7-11-20(19)30-23(26)21-22(28)27(17-8-4-3-5-9-17)24(31-21)25-16-12-14-18(29-2)15-13-16/h3-15H,1-2H3/b23-21-,25-24?. The zero-order chi connectivity index (χ0) is 21.4. The molecule has 1 amide bonds. The number of anilines is 2. The second-order valence-corrected chi connectivity index (χ2v) is 8.94. The molecule has 7 heteroatoms. The Labute approximate surface area is 189 Å². The van der Waals surface area contributed by atoms with Gasteiger partial charge in [-0.15, -0.1) is 0 Å². The van der Waals surface area contributed by atoms with E-state index in [1.807, 2.05) is 73.8 Å². The van der Waals surface area contributed by atoms with Crippen LogP contribution in [0.1, 0.15) is 0 Å². The fourth-order valence-electron chi connectivity index (χ4n) is 3.45. The minimum atomic E-state index is -0.0642. The van der Waals surface area contributed by atoms with Crippen LogP contribution < -0.4 is 14.5 Å². The van der Waals surface area contributed by atoms with Crippen LogP contribution in [0.5, 0.6) is 5.75 Å². The Kier molecular flexibility index (Phi) is 5.21. The smallest absolute Gasteiger partial charge is 0.274 e. The van der Waals surface area contributed by atoms with E-state index in [-0.39, 0.29) is 5.91 Å². The molecular formula is C24H19N3O2S2. The molecule has 1 fully saturated rings. The number of nitrogens with zero attached hydrogens (tertiary/aromatic N) is 3. The van der Waals surface area contributed by atoms with E-state index >= 15 is 0 Å². The molecule has 2 heterocycles. The van der Waals surface area contributed by atoms with E-state index < -0.39 is 0 Å². The second-order valence-electron chi connectivity index (χ2n) is 6.93. The van der Waals surface area contributed by atoms with Crippen molar-refractivity contribution in [3.63, 3.8) is 0 Å². The van der Waals surface area contributed by atoms with Gasteiger partial charge in [0, 0.05) is 11.9 Å². The molecule has 3 aromatic rings. The maximum absolute atomic E-state index is 13.6. The fourth-order valence-corrected chi connectivity index (χ4v) is 5.80. The summed E-state index contributed by atoms with van der Waals surface area (Å²) >= 11 is 3.03. The summed E-state index contributed by atoms with van der Waals surface area (Å²) in [6, 6.07) is 25.3. The van der Waals surface area contributed by atoms with Crippen LogP contribution in [-0.2, 0) is 4.79 Å². The summed E-state index contributed by atoms with van der Waals surface area (Å²) in [6.45, 7) is 0. The van der Waals surface area contributed by atoms with Gasteiger partial charge in [0.25, 0.3) is 5.91 Å². The van der Waals surface area contributed by atoms with E-state index in [1.165, 1.54) is 11.8 Å². The van der Waals surface area contributed by atoms with Crippen LogP contribution in [0, 0.1) is 0 Å². The van der Waals surface area contributed by atoms with E-state index in [2.05, 4.69) is 17.0 Å². The molecule has 1 saturated heterocycles. The Morgan fingerprint density at radius 2 is 1.58 bits per heavy atom. The zero-order valence-electron chi connectivity index (χ0n) is 17.0. The van der Waals surface area contributed by atoms with Gasteiger partial charge in [-0.2, -0.15) is 0 Å². The highest BCUT2D eigenvalue weighted by Gasteiger charge is 2.39. The second kappa shape index (κ2) is 8.17. The number of para-hydroxylation sites is 2. The number of methoxy groups -OCH3 is 1. The molecule has 0 unspecified atom stereocenters. The molecule has 0 saturated carbocycles. The lowest BCUT2D eigenvalue weighted by molar-refractivity contribution is -0.113. The number of aliphatic imine (C=N–C) groups is 1. The van der Waals surface area contributed by atoms with Crippen molar-refractivity contribution in [1.29, 1.82) is 0 Å². The summed E-state index contributed by atoms with van der Waals surface area (Å²) < 4.78 is 5.24. The molecule has 0 bridgehead atoms. The Hall–Kier alpha value is -3.16. The summed E-state index contributed by atoms with van der Waals surface area (Å²) in [5.74, 6) is 0.703. The SMILES string of the molecule is COc1ccc(N=C2S/C(=C3\Sc4ccccc4N3C)C(=O)N2c2ccccc2)cc1. The third kappa shape index (κ3) is 3.60. The lowest BCUT2D eigenvalue weighted by Crippen LogP contribution is -2.29. The number of rotatable bonds is 3. The number of hydrogen-bond donors (Lipinski definition) is 0. The van der Waals surface area contributed by atoms with Crippen LogP contribution in [0.2, 0.25) is 0 Å². The van der Waals surface area contributed by atoms with Crippen molar-refractivity contribution < 1.29 is 9.53 Å². The van der Waals surface area contributed by atoms with E-state index in [4.69, 9.17) is 9.73 Å². The number of hydrogen-bond acceptors (Lipinski definition) is 6. The van der Waals surface area contributed by atoms with Crippen LogP contribution in [-0.4, -0.2) is 25.2 Å². The van der Waals surface area contributed by atoms with Crippen molar-refractivity contribution in [3.8, 4) is 5.75 Å². The lowest BCUT2D eigenvalue weighted by atomic mass is 10.3. The first-order valence-corrected chi connectivity index (χ1v) is 11.3. The number of fused-ring (bicyclic) bond motifs is 1. The molecule has 0 N–H and O–H groups in total. The summed E-state index contributed by atoms with van der Waals surface area (Å²) in [6.07, 6.45) is 0. The van der Waals surface area contributed by atoms with E-state index in [0.29, 0.717) is 10.1 Å². The maximum atomic E-state index is 13.6. The predicted octanol–water partition coefficient (Wildman–Crippen LogP) is 5.87. The van der Waals surface area contributed by atoms with E-state index in [9.17, 15) is 4.79 Å². The quantitative estimate of drug-likeness (QED) is 0.472. The van der Waals surface area contributed by atoms with Gasteiger partial charge in [-0.25, -0.2) is 4.99 Å². The van der Waals surface area contributed by atoms with Crippen molar-refractivity contribution in [2.24, 2.45) is 4.99 Å². The average Bonchev–Trinajstić information content (AvgIpc) is 3.31. The molecular weight excluding hydrogens is 426 g/mol. The van der Waals surface area contributed by atoms with Gasteiger partial charge in [-0.05, 0) is 60.3 Å². The largest absolute Gasteiger partial charge is 0.497 e. The molecule has 0 radical (unpaired) electrons. The van der Waals surface area contributed by atoms with Crippen LogP contribution in [0.15, 0.2) is 98.7 Å². The van der Waals surface area contributed by atoms with Crippen molar-refractivity contribution in [1.82, 2.24) is 0 Å². The van der Waals surface area contributed by atoms with Gasteiger partial charge in [-0.1, -0.05) is 42.1 Å². The topological polar surface area (TPSA) is 45.1 Å². The highest BCUT2D eigenvalue weighted by Crippen LogP contribution is 2.50. The van der Waals surface area contributed by atoms with Crippen molar-refractivity contribution >= 4 is 51.7 Å². The normalized spacial score (nSPS) is 19.3. The first kappa shape index (κ1) is 19.8. The number of amides is 1. The number of thioether (sulfide) groups is 2.